The predicted octanol–water partition coefficient (Wildman–Crippen LogP) is 3.43. The van der Waals surface area contributed by atoms with E-state index in [1.54, 1.807) is 0 Å². The van der Waals surface area contributed by atoms with E-state index in [1.807, 2.05) is 13.8 Å². The van der Waals surface area contributed by atoms with Crippen LogP contribution in [0, 0.1) is 0 Å². The lowest BCUT2D eigenvalue weighted by Crippen LogP contribution is -2.18. The Hall–Kier alpha value is -1.38. The van der Waals surface area contributed by atoms with E-state index in [0.29, 0.717) is 31.0 Å². The SMILES string of the molecule is CC1(C)CC(SCc2c(C(F)(F)F)nn3c2OCCC3)=NO1. The van der Waals surface area contributed by atoms with Gasteiger partial charge in [0.05, 0.1) is 12.2 Å². The van der Waals surface area contributed by atoms with Crippen molar-refractivity contribution in [3.8, 4) is 5.88 Å². The van der Waals surface area contributed by atoms with E-state index in [1.165, 1.54) is 16.4 Å². The molecule has 0 N–H and O–H groups in total. The highest BCUT2D eigenvalue weighted by Gasteiger charge is 2.40. The number of rotatable bonds is 2. The highest BCUT2D eigenvalue weighted by Crippen LogP contribution is 2.40. The topological polar surface area (TPSA) is 48.6 Å². The van der Waals surface area contributed by atoms with Crippen LogP contribution in [0.2, 0.25) is 0 Å². The van der Waals surface area contributed by atoms with Crippen molar-refractivity contribution in [3.63, 3.8) is 0 Å². The van der Waals surface area contributed by atoms with Crippen molar-refractivity contribution in [2.45, 2.75) is 50.8 Å². The Morgan fingerprint density at radius 3 is 2.77 bits per heavy atom. The molecule has 9 heteroatoms. The monoisotopic (exact) mass is 335 g/mol. The lowest BCUT2D eigenvalue weighted by Gasteiger charge is -2.16. The Kier molecular flexibility index (Phi) is 3.78. The second-order valence-electron chi connectivity index (χ2n) is 5.86. The van der Waals surface area contributed by atoms with E-state index in [9.17, 15) is 13.2 Å². The summed E-state index contributed by atoms with van der Waals surface area (Å²) in [7, 11) is 0. The fraction of sp³-hybridized carbons (Fsp3) is 0.692. The van der Waals surface area contributed by atoms with Crippen LogP contribution in [0.1, 0.15) is 37.9 Å². The maximum Gasteiger partial charge on any atom is 0.435 e. The maximum absolute atomic E-state index is 13.2. The molecule has 2 aliphatic rings. The minimum Gasteiger partial charge on any atom is -0.478 e. The molecule has 5 nitrogen and oxygen atoms in total. The summed E-state index contributed by atoms with van der Waals surface area (Å²) in [5.74, 6) is 0.340. The number of hydrogen-bond donors (Lipinski definition) is 0. The summed E-state index contributed by atoms with van der Waals surface area (Å²) in [6, 6.07) is 0. The van der Waals surface area contributed by atoms with Gasteiger partial charge in [0.25, 0.3) is 0 Å². The van der Waals surface area contributed by atoms with Gasteiger partial charge in [-0.15, -0.1) is 11.8 Å². The van der Waals surface area contributed by atoms with Crippen molar-refractivity contribution in [2.75, 3.05) is 6.61 Å². The standard InChI is InChI=1S/C13H16F3N3O2S/c1-12(2)6-9(18-21-12)22-7-8-10(13(14,15)16)17-19-4-3-5-20-11(8)19/h3-7H2,1-2H3. The molecule has 0 aliphatic carbocycles. The van der Waals surface area contributed by atoms with Crippen LogP contribution in [0.3, 0.4) is 0 Å². The van der Waals surface area contributed by atoms with Crippen molar-refractivity contribution < 1.29 is 22.7 Å². The van der Waals surface area contributed by atoms with Crippen LogP contribution in [0.5, 0.6) is 5.88 Å². The summed E-state index contributed by atoms with van der Waals surface area (Å²) in [5, 5.41) is 8.29. The number of halogens is 3. The van der Waals surface area contributed by atoms with Gasteiger partial charge in [0.1, 0.15) is 10.6 Å². The molecule has 0 unspecified atom stereocenters. The number of alkyl halides is 3. The number of hydrogen-bond acceptors (Lipinski definition) is 5. The lowest BCUT2D eigenvalue weighted by molar-refractivity contribution is -0.142. The number of nitrogens with zero attached hydrogens (tertiary/aromatic N) is 3. The van der Waals surface area contributed by atoms with Gasteiger partial charge in [0.2, 0.25) is 5.88 Å². The molecule has 0 radical (unpaired) electrons. The molecule has 3 heterocycles. The average Bonchev–Trinajstić information content (AvgIpc) is 2.96. The third kappa shape index (κ3) is 3.04. The molecular weight excluding hydrogens is 319 g/mol. The van der Waals surface area contributed by atoms with Gasteiger partial charge in [-0.2, -0.15) is 18.3 Å². The fourth-order valence-electron chi connectivity index (χ4n) is 2.37. The first-order valence-corrected chi connectivity index (χ1v) is 7.92. The van der Waals surface area contributed by atoms with Gasteiger partial charge in [-0.3, -0.25) is 0 Å². The molecular formula is C13H16F3N3O2S. The van der Waals surface area contributed by atoms with Crippen LogP contribution >= 0.6 is 11.8 Å². The Balaban J connectivity index is 1.82. The molecule has 1 aromatic heterocycles. The lowest BCUT2D eigenvalue weighted by atomic mass is 10.1. The van der Waals surface area contributed by atoms with Crippen LogP contribution in [-0.2, 0) is 23.3 Å². The molecule has 122 valence electrons. The zero-order chi connectivity index (χ0) is 16.0. The van der Waals surface area contributed by atoms with Crippen LogP contribution < -0.4 is 4.74 Å². The van der Waals surface area contributed by atoms with Gasteiger partial charge >= 0.3 is 6.18 Å². The van der Waals surface area contributed by atoms with Gasteiger partial charge in [-0.25, -0.2) is 4.68 Å². The normalized spacial score (nSPS) is 20.1. The highest BCUT2D eigenvalue weighted by atomic mass is 32.2. The van der Waals surface area contributed by atoms with Crippen molar-refractivity contribution in [3.05, 3.63) is 11.3 Å². The van der Waals surface area contributed by atoms with Crippen molar-refractivity contribution in [1.82, 2.24) is 9.78 Å². The molecule has 0 amide bonds. The molecule has 0 saturated heterocycles. The van der Waals surface area contributed by atoms with Crippen LogP contribution in [0.4, 0.5) is 13.2 Å². The summed E-state index contributed by atoms with van der Waals surface area (Å²) in [6.07, 6.45) is -3.24. The van der Waals surface area contributed by atoms with Crippen molar-refractivity contribution in [1.29, 1.82) is 0 Å². The van der Waals surface area contributed by atoms with E-state index >= 15 is 0 Å². The Morgan fingerprint density at radius 2 is 2.14 bits per heavy atom. The van der Waals surface area contributed by atoms with Gasteiger partial charge in [0, 0.05) is 25.1 Å². The number of ether oxygens (including phenoxy) is 1. The first-order chi connectivity index (χ1) is 10.3. The van der Waals surface area contributed by atoms with E-state index in [2.05, 4.69) is 10.3 Å². The molecule has 1 aromatic rings. The van der Waals surface area contributed by atoms with Crippen molar-refractivity contribution in [2.24, 2.45) is 5.16 Å². The number of aryl methyl sites for hydroxylation is 1. The fourth-order valence-corrected chi connectivity index (χ4v) is 3.48. The molecule has 0 aromatic carbocycles. The quantitative estimate of drug-likeness (QED) is 0.831. The van der Waals surface area contributed by atoms with E-state index < -0.39 is 17.5 Å². The summed E-state index contributed by atoms with van der Waals surface area (Å²) in [6.45, 7) is 4.63. The largest absolute Gasteiger partial charge is 0.478 e. The van der Waals surface area contributed by atoms with Crippen molar-refractivity contribution >= 4 is 16.8 Å². The third-order valence-corrected chi connectivity index (χ3v) is 4.36. The molecule has 2 aliphatic heterocycles. The summed E-state index contributed by atoms with van der Waals surface area (Å²) < 4.78 is 46.2. The zero-order valence-electron chi connectivity index (χ0n) is 12.2. The second-order valence-corrected chi connectivity index (χ2v) is 6.91. The van der Waals surface area contributed by atoms with Gasteiger partial charge in [0.15, 0.2) is 5.69 Å². The third-order valence-electron chi connectivity index (χ3n) is 3.38. The van der Waals surface area contributed by atoms with E-state index in [-0.39, 0.29) is 17.2 Å². The average molecular weight is 335 g/mol. The predicted molar refractivity (Wildman–Crippen MR) is 75.9 cm³/mol. The number of fused-ring (bicyclic) bond motifs is 1. The van der Waals surface area contributed by atoms with Crippen LogP contribution in [-0.4, -0.2) is 27.0 Å². The first kappa shape index (κ1) is 15.5. The molecule has 0 saturated carbocycles. The summed E-state index contributed by atoms with van der Waals surface area (Å²) in [4.78, 5) is 5.23. The molecule has 22 heavy (non-hydrogen) atoms. The molecule has 3 rings (SSSR count). The minimum absolute atomic E-state index is 0.0876. The smallest absolute Gasteiger partial charge is 0.435 e. The highest BCUT2D eigenvalue weighted by molar-refractivity contribution is 8.13. The van der Waals surface area contributed by atoms with E-state index in [4.69, 9.17) is 9.57 Å². The van der Waals surface area contributed by atoms with Gasteiger partial charge < -0.3 is 9.57 Å². The number of thioether (sulfide) groups is 1. The van der Waals surface area contributed by atoms with Gasteiger partial charge in [-0.05, 0) is 13.8 Å². The summed E-state index contributed by atoms with van der Waals surface area (Å²) >= 11 is 1.24. The number of aromatic nitrogens is 2. The Morgan fingerprint density at radius 1 is 1.36 bits per heavy atom. The molecule has 0 atom stereocenters. The molecule has 0 fully saturated rings. The van der Waals surface area contributed by atoms with Gasteiger partial charge in [-0.1, -0.05) is 5.16 Å². The summed E-state index contributed by atoms with van der Waals surface area (Å²) in [5.41, 5.74) is -1.18. The zero-order valence-corrected chi connectivity index (χ0v) is 13.1. The Bertz CT molecular complexity index is 610. The van der Waals surface area contributed by atoms with Crippen LogP contribution in [0.25, 0.3) is 0 Å². The molecule has 0 bridgehead atoms. The number of oxime groups is 1. The second kappa shape index (κ2) is 5.36. The van der Waals surface area contributed by atoms with E-state index in [0.717, 1.165) is 0 Å². The Labute approximate surface area is 129 Å². The maximum atomic E-state index is 13.2. The minimum atomic E-state index is -4.49. The molecule has 0 spiro atoms. The first-order valence-electron chi connectivity index (χ1n) is 6.94. The van der Waals surface area contributed by atoms with Crippen LogP contribution in [0.15, 0.2) is 5.16 Å².